The van der Waals surface area contributed by atoms with Crippen molar-refractivity contribution in [1.82, 2.24) is 4.90 Å². The zero-order valence-corrected chi connectivity index (χ0v) is 11.3. The first-order valence-electron chi connectivity index (χ1n) is 4.77. The van der Waals surface area contributed by atoms with Crippen LogP contribution in [0.3, 0.4) is 0 Å². The van der Waals surface area contributed by atoms with Crippen molar-refractivity contribution < 1.29 is 9.18 Å². The predicted molar refractivity (Wildman–Crippen MR) is 66.8 cm³/mol. The number of carbonyl (C=O) groups excluding carboxylic acids is 1. The van der Waals surface area contributed by atoms with Crippen LogP contribution in [0.2, 0.25) is 5.02 Å². The molecule has 1 rings (SSSR count). The molecule has 0 aliphatic carbocycles. The molecule has 2 nitrogen and oxygen atoms in total. The van der Waals surface area contributed by atoms with Crippen LogP contribution < -0.4 is 0 Å². The lowest BCUT2D eigenvalue weighted by Crippen LogP contribution is -2.31. The van der Waals surface area contributed by atoms with Crippen LogP contribution in [0, 0.1) is 5.82 Å². The summed E-state index contributed by atoms with van der Waals surface area (Å²) in [5.74, 6) is -0.858. The molecule has 0 bridgehead atoms. The molecule has 0 heterocycles. The number of hydrogen-bond acceptors (Lipinski definition) is 1. The van der Waals surface area contributed by atoms with Gasteiger partial charge in [0, 0.05) is 18.4 Å². The molecule has 1 aromatic carbocycles. The van der Waals surface area contributed by atoms with E-state index in [2.05, 4.69) is 15.9 Å². The minimum absolute atomic E-state index is 0.124. The summed E-state index contributed by atoms with van der Waals surface area (Å²) in [6.07, 6.45) is 0. The quantitative estimate of drug-likeness (QED) is 0.784. The first-order valence-corrected chi connectivity index (χ1v) is 6.06. The Morgan fingerprint density at radius 2 is 2.25 bits per heavy atom. The third-order valence-electron chi connectivity index (χ3n) is 2.05. The number of amides is 1. The van der Waals surface area contributed by atoms with Crippen molar-refractivity contribution in [3.8, 4) is 0 Å². The van der Waals surface area contributed by atoms with Crippen molar-refractivity contribution in [3.05, 3.63) is 34.6 Å². The molecule has 0 aliphatic rings. The lowest BCUT2D eigenvalue weighted by molar-refractivity contribution is 0.0797. The van der Waals surface area contributed by atoms with Gasteiger partial charge in [0.05, 0.1) is 10.6 Å². The molecular weight excluding hydrogens is 296 g/mol. The van der Waals surface area contributed by atoms with E-state index < -0.39 is 5.82 Å². The third kappa shape index (κ3) is 3.19. The molecule has 1 atom stereocenters. The number of nitrogens with zero attached hydrogens (tertiary/aromatic N) is 1. The van der Waals surface area contributed by atoms with Crippen molar-refractivity contribution in [2.45, 2.75) is 11.8 Å². The Labute approximate surface area is 108 Å². The average molecular weight is 309 g/mol. The summed E-state index contributed by atoms with van der Waals surface area (Å²) in [6, 6.07) is 4.22. The predicted octanol–water partition coefficient (Wildman–Crippen LogP) is 3.33. The van der Waals surface area contributed by atoms with Gasteiger partial charge in [0.2, 0.25) is 0 Å². The summed E-state index contributed by atoms with van der Waals surface area (Å²) in [5, 5.41) is -0.124. The highest BCUT2D eigenvalue weighted by molar-refractivity contribution is 9.09. The smallest absolute Gasteiger partial charge is 0.255 e. The molecule has 0 N–H and O–H groups in total. The van der Waals surface area contributed by atoms with Gasteiger partial charge in [-0.05, 0) is 12.1 Å². The lowest BCUT2D eigenvalue weighted by atomic mass is 10.2. The monoisotopic (exact) mass is 307 g/mol. The molecular formula is C11H12BrClFNO. The fraction of sp³-hybridized carbons (Fsp3) is 0.364. The molecule has 16 heavy (non-hydrogen) atoms. The molecule has 0 saturated carbocycles. The second kappa shape index (κ2) is 5.64. The molecule has 0 aliphatic heterocycles. The summed E-state index contributed by atoms with van der Waals surface area (Å²) in [5.41, 5.74) is 0.192. The van der Waals surface area contributed by atoms with Gasteiger partial charge in [-0.15, -0.1) is 0 Å². The summed E-state index contributed by atoms with van der Waals surface area (Å²) in [4.78, 5) is 13.6. The van der Waals surface area contributed by atoms with Crippen molar-refractivity contribution >= 4 is 33.4 Å². The number of halogens is 3. The zero-order chi connectivity index (χ0) is 12.3. The fourth-order valence-corrected chi connectivity index (χ4v) is 1.98. The van der Waals surface area contributed by atoms with E-state index in [-0.39, 0.29) is 21.3 Å². The maximum Gasteiger partial charge on any atom is 0.255 e. The SMILES string of the molecule is CC(Br)CN(C)C(=O)c1cccc(F)c1Cl. The van der Waals surface area contributed by atoms with E-state index in [1.54, 1.807) is 7.05 Å². The van der Waals surface area contributed by atoms with Gasteiger partial charge in [0.15, 0.2) is 0 Å². The van der Waals surface area contributed by atoms with Crippen LogP contribution in [0.1, 0.15) is 17.3 Å². The number of carbonyl (C=O) groups is 1. The van der Waals surface area contributed by atoms with Gasteiger partial charge in [-0.1, -0.05) is 40.5 Å². The zero-order valence-electron chi connectivity index (χ0n) is 9.01. The van der Waals surface area contributed by atoms with Crippen LogP contribution in [0.5, 0.6) is 0 Å². The first kappa shape index (κ1) is 13.5. The largest absolute Gasteiger partial charge is 0.341 e. The highest BCUT2D eigenvalue weighted by Gasteiger charge is 2.17. The topological polar surface area (TPSA) is 20.3 Å². The fourth-order valence-electron chi connectivity index (χ4n) is 1.33. The van der Waals surface area contributed by atoms with Gasteiger partial charge in [-0.2, -0.15) is 0 Å². The van der Waals surface area contributed by atoms with Gasteiger partial charge in [0.25, 0.3) is 5.91 Å². The van der Waals surface area contributed by atoms with E-state index in [0.29, 0.717) is 6.54 Å². The molecule has 88 valence electrons. The molecule has 1 unspecified atom stereocenters. The summed E-state index contributed by atoms with van der Waals surface area (Å²) in [7, 11) is 1.65. The Morgan fingerprint density at radius 3 is 2.81 bits per heavy atom. The first-order chi connectivity index (χ1) is 7.43. The molecule has 5 heteroatoms. The summed E-state index contributed by atoms with van der Waals surface area (Å²) >= 11 is 9.08. The van der Waals surface area contributed by atoms with Crippen molar-refractivity contribution in [3.63, 3.8) is 0 Å². The van der Waals surface area contributed by atoms with Gasteiger partial charge in [0.1, 0.15) is 5.82 Å². The van der Waals surface area contributed by atoms with Crippen LogP contribution >= 0.6 is 27.5 Å². The van der Waals surface area contributed by atoms with Crippen LogP contribution in [0.4, 0.5) is 4.39 Å². The van der Waals surface area contributed by atoms with Gasteiger partial charge in [-0.3, -0.25) is 4.79 Å². The average Bonchev–Trinajstić information content (AvgIpc) is 2.20. The molecule has 0 spiro atoms. The van der Waals surface area contributed by atoms with E-state index >= 15 is 0 Å². The number of benzene rings is 1. The third-order valence-corrected chi connectivity index (χ3v) is 2.73. The minimum Gasteiger partial charge on any atom is -0.341 e. The van der Waals surface area contributed by atoms with Crippen molar-refractivity contribution in [2.75, 3.05) is 13.6 Å². The number of hydrogen-bond donors (Lipinski definition) is 0. The Hall–Kier alpha value is -0.610. The molecule has 0 radical (unpaired) electrons. The normalized spacial score (nSPS) is 12.3. The van der Waals surface area contributed by atoms with Crippen molar-refractivity contribution in [2.24, 2.45) is 0 Å². The molecule has 0 saturated heterocycles. The van der Waals surface area contributed by atoms with Crippen LogP contribution in [-0.2, 0) is 0 Å². The molecule has 0 aromatic heterocycles. The van der Waals surface area contributed by atoms with E-state index in [0.717, 1.165) is 0 Å². The minimum atomic E-state index is -0.576. The lowest BCUT2D eigenvalue weighted by Gasteiger charge is -2.19. The Kier molecular flexibility index (Phi) is 4.74. The van der Waals surface area contributed by atoms with E-state index in [4.69, 9.17) is 11.6 Å². The summed E-state index contributed by atoms with van der Waals surface area (Å²) in [6.45, 7) is 2.46. The van der Waals surface area contributed by atoms with E-state index in [9.17, 15) is 9.18 Å². The molecule has 0 fully saturated rings. The van der Waals surface area contributed by atoms with Crippen LogP contribution in [0.15, 0.2) is 18.2 Å². The van der Waals surface area contributed by atoms with E-state index in [1.807, 2.05) is 6.92 Å². The number of rotatable bonds is 3. The summed E-state index contributed by atoms with van der Waals surface area (Å²) < 4.78 is 13.2. The molecule has 1 aromatic rings. The van der Waals surface area contributed by atoms with Crippen LogP contribution in [-0.4, -0.2) is 29.2 Å². The Morgan fingerprint density at radius 1 is 1.62 bits per heavy atom. The number of alkyl halides is 1. The second-order valence-electron chi connectivity index (χ2n) is 3.57. The Bertz CT molecular complexity index is 398. The van der Waals surface area contributed by atoms with E-state index in [1.165, 1.54) is 23.1 Å². The maximum absolute atomic E-state index is 13.2. The highest BCUT2D eigenvalue weighted by atomic mass is 79.9. The van der Waals surface area contributed by atoms with Gasteiger partial charge >= 0.3 is 0 Å². The van der Waals surface area contributed by atoms with Gasteiger partial charge < -0.3 is 4.90 Å². The van der Waals surface area contributed by atoms with Gasteiger partial charge in [-0.25, -0.2) is 4.39 Å². The highest BCUT2D eigenvalue weighted by Crippen LogP contribution is 2.21. The Balaban J connectivity index is 2.92. The maximum atomic E-state index is 13.2. The van der Waals surface area contributed by atoms with Crippen molar-refractivity contribution in [1.29, 1.82) is 0 Å². The standard InChI is InChI=1S/C11H12BrClFNO/c1-7(12)6-15(2)11(16)8-4-3-5-9(14)10(8)13/h3-5,7H,6H2,1-2H3. The second-order valence-corrected chi connectivity index (χ2v) is 5.51. The molecule has 1 amide bonds. The van der Waals surface area contributed by atoms with Crippen LogP contribution in [0.25, 0.3) is 0 Å².